The first kappa shape index (κ1) is 13.0. The first-order valence-corrected chi connectivity index (χ1v) is 6.75. The summed E-state index contributed by atoms with van der Waals surface area (Å²) in [5.74, 6) is 0.361. The van der Waals surface area contributed by atoms with Crippen LogP contribution in [0, 0.1) is 0 Å². The Morgan fingerprint density at radius 2 is 1.95 bits per heavy atom. The highest BCUT2D eigenvalue weighted by molar-refractivity contribution is 6.30. The Kier molecular flexibility index (Phi) is 3.14. The average molecular weight is 288 g/mol. The van der Waals surface area contributed by atoms with Crippen molar-refractivity contribution < 1.29 is 0 Å². The third-order valence-electron chi connectivity index (χ3n) is 3.24. The molecule has 0 aliphatic heterocycles. The van der Waals surface area contributed by atoms with Gasteiger partial charge in [-0.05, 0) is 22.9 Å². The zero-order valence-corrected chi connectivity index (χ0v) is 12.3. The Morgan fingerprint density at radius 3 is 2.60 bits per heavy atom. The SMILES string of the molecule is CC(C)c1cnc(-c2cn(C)nn2)c2cnc(Cl)cc12. The molecular formula is C14H14ClN5. The quantitative estimate of drug-likeness (QED) is 0.679. The number of rotatable bonds is 2. The molecule has 0 aromatic carbocycles. The van der Waals surface area contributed by atoms with E-state index >= 15 is 0 Å². The fourth-order valence-corrected chi connectivity index (χ4v) is 2.41. The lowest BCUT2D eigenvalue weighted by Crippen LogP contribution is -1.96. The van der Waals surface area contributed by atoms with E-state index in [0.717, 1.165) is 27.7 Å². The lowest BCUT2D eigenvalue weighted by Gasteiger charge is -2.11. The average Bonchev–Trinajstić information content (AvgIpc) is 2.83. The first-order chi connectivity index (χ1) is 9.56. The van der Waals surface area contributed by atoms with Crippen LogP contribution in [0.1, 0.15) is 25.3 Å². The molecule has 3 aromatic heterocycles. The number of hydrogen-bond acceptors (Lipinski definition) is 4. The third kappa shape index (κ3) is 2.14. The van der Waals surface area contributed by atoms with Gasteiger partial charge in [0, 0.05) is 24.8 Å². The van der Waals surface area contributed by atoms with E-state index in [2.05, 4.69) is 34.1 Å². The molecule has 3 rings (SSSR count). The summed E-state index contributed by atoms with van der Waals surface area (Å²) >= 11 is 6.03. The molecule has 0 saturated heterocycles. The van der Waals surface area contributed by atoms with Gasteiger partial charge in [-0.2, -0.15) is 0 Å². The molecule has 20 heavy (non-hydrogen) atoms. The lowest BCUT2D eigenvalue weighted by molar-refractivity contribution is 0.715. The normalized spacial score (nSPS) is 11.4. The molecular weight excluding hydrogens is 274 g/mol. The maximum Gasteiger partial charge on any atom is 0.132 e. The second-order valence-corrected chi connectivity index (χ2v) is 5.43. The van der Waals surface area contributed by atoms with E-state index in [0.29, 0.717) is 11.1 Å². The van der Waals surface area contributed by atoms with Crippen molar-refractivity contribution >= 4 is 22.4 Å². The Morgan fingerprint density at radius 1 is 1.15 bits per heavy atom. The van der Waals surface area contributed by atoms with Gasteiger partial charge >= 0.3 is 0 Å². The molecule has 0 amide bonds. The highest BCUT2D eigenvalue weighted by Gasteiger charge is 2.14. The Hall–Kier alpha value is -2.01. The molecule has 3 aromatic rings. The van der Waals surface area contributed by atoms with Gasteiger partial charge in [-0.3, -0.25) is 9.67 Å². The van der Waals surface area contributed by atoms with Crippen molar-refractivity contribution in [2.24, 2.45) is 7.05 Å². The number of nitrogens with zero attached hydrogens (tertiary/aromatic N) is 5. The summed E-state index contributed by atoms with van der Waals surface area (Å²) in [6, 6.07) is 1.88. The fourth-order valence-electron chi connectivity index (χ4n) is 2.25. The van der Waals surface area contributed by atoms with Gasteiger partial charge in [0.25, 0.3) is 0 Å². The second-order valence-electron chi connectivity index (χ2n) is 5.05. The number of halogens is 1. The van der Waals surface area contributed by atoms with Crippen LogP contribution in [0.5, 0.6) is 0 Å². The number of pyridine rings is 2. The van der Waals surface area contributed by atoms with E-state index < -0.39 is 0 Å². The van der Waals surface area contributed by atoms with Crippen molar-refractivity contribution in [3.05, 3.63) is 35.4 Å². The molecule has 0 bridgehead atoms. The number of fused-ring (bicyclic) bond motifs is 1. The van der Waals surface area contributed by atoms with Crippen LogP contribution in [0.2, 0.25) is 5.15 Å². The lowest BCUT2D eigenvalue weighted by atomic mass is 9.98. The minimum Gasteiger partial charge on any atom is -0.255 e. The Bertz CT molecular complexity index is 778. The molecule has 0 saturated carbocycles. The number of aryl methyl sites for hydroxylation is 1. The van der Waals surface area contributed by atoms with Crippen LogP contribution in [0.3, 0.4) is 0 Å². The van der Waals surface area contributed by atoms with Gasteiger partial charge in [-0.15, -0.1) is 5.10 Å². The summed E-state index contributed by atoms with van der Waals surface area (Å²) in [5.41, 5.74) is 2.66. The Labute approximate surface area is 121 Å². The number of aromatic nitrogens is 5. The molecule has 0 radical (unpaired) electrons. The van der Waals surface area contributed by atoms with E-state index in [4.69, 9.17) is 11.6 Å². The van der Waals surface area contributed by atoms with E-state index in [9.17, 15) is 0 Å². The Balaban J connectivity index is 2.33. The first-order valence-electron chi connectivity index (χ1n) is 6.37. The largest absolute Gasteiger partial charge is 0.255 e. The van der Waals surface area contributed by atoms with E-state index in [1.54, 1.807) is 10.9 Å². The van der Waals surface area contributed by atoms with Crippen molar-refractivity contribution in [3.63, 3.8) is 0 Å². The third-order valence-corrected chi connectivity index (χ3v) is 3.44. The van der Waals surface area contributed by atoms with Gasteiger partial charge in [-0.25, -0.2) is 4.98 Å². The summed E-state index contributed by atoms with van der Waals surface area (Å²) in [6.07, 6.45) is 5.47. The van der Waals surface area contributed by atoms with Gasteiger partial charge < -0.3 is 0 Å². The van der Waals surface area contributed by atoms with Gasteiger partial charge in [0.05, 0.1) is 6.20 Å². The van der Waals surface area contributed by atoms with Gasteiger partial charge in [0.1, 0.15) is 16.5 Å². The summed E-state index contributed by atoms with van der Waals surface area (Å²) in [7, 11) is 1.83. The molecule has 3 heterocycles. The van der Waals surface area contributed by atoms with Crippen molar-refractivity contribution in [2.75, 3.05) is 0 Å². The molecule has 0 aliphatic carbocycles. The standard InChI is InChI=1S/C14H14ClN5/c1-8(2)10-5-17-14(12-7-20(3)19-18-12)11-6-16-13(15)4-9(10)11/h4-8H,1-3H3. The van der Waals surface area contributed by atoms with E-state index in [-0.39, 0.29) is 0 Å². The van der Waals surface area contributed by atoms with Gasteiger partial charge in [-0.1, -0.05) is 30.7 Å². The van der Waals surface area contributed by atoms with Crippen LogP contribution in [0.25, 0.3) is 22.2 Å². The van der Waals surface area contributed by atoms with Crippen LogP contribution < -0.4 is 0 Å². The molecule has 0 atom stereocenters. The predicted octanol–water partition coefficient (Wildman–Crippen LogP) is 3.20. The molecule has 5 nitrogen and oxygen atoms in total. The van der Waals surface area contributed by atoms with Crippen molar-refractivity contribution in [2.45, 2.75) is 19.8 Å². The summed E-state index contributed by atoms with van der Waals surface area (Å²) in [4.78, 5) is 8.71. The highest BCUT2D eigenvalue weighted by Crippen LogP contribution is 2.31. The molecule has 0 spiro atoms. The van der Waals surface area contributed by atoms with Crippen molar-refractivity contribution in [1.29, 1.82) is 0 Å². The van der Waals surface area contributed by atoms with Gasteiger partial charge in [0.15, 0.2) is 0 Å². The molecule has 6 heteroatoms. The van der Waals surface area contributed by atoms with Gasteiger partial charge in [0.2, 0.25) is 0 Å². The summed E-state index contributed by atoms with van der Waals surface area (Å²) in [5, 5.41) is 10.6. The minimum atomic E-state index is 0.361. The fraction of sp³-hybridized carbons (Fsp3) is 0.286. The molecule has 0 aliphatic rings. The van der Waals surface area contributed by atoms with Crippen molar-refractivity contribution in [3.8, 4) is 11.4 Å². The molecule has 0 fully saturated rings. The molecule has 0 unspecified atom stereocenters. The van der Waals surface area contributed by atoms with Crippen LogP contribution in [-0.4, -0.2) is 25.0 Å². The smallest absolute Gasteiger partial charge is 0.132 e. The van der Waals surface area contributed by atoms with Crippen LogP contribution in [-0.2, 0) is 7.05 Å². The topological polar surface area (TPSA) is 56.5 Å². The highest BCUT2D eigenvalue weighted by atomic mass is 35.5. The number of hydrogen-bond donors (Lipinski definition) is 0. The zero-order chi connectivity index (χ0) is 14.3. The zero-order valence-electron chi connectivity index (χ0n) is 11.5. The monoisotopic (exact) mass is 287 g/mol. The van der Waals surface area contributed by atoms with Crippen molar-refractivity contribution in [1.82, 2.24) is 25.0 Å². The minimum absolute atomic E-state index is 0.361. The molecule has 0 N–H and O–H groups in total. The van der Waals surface area contributed by atoms with Crippen LogP contribution in [0.4, 0.5) is 0 Å². The second kappa shape index (κ2) is 4.83. The molecule has 102 valence electrons. The summed E-state index contributed by atoms with van der Waals surface area (Å²) < 4.78 is 1.66. The predicted molar refractivity (Wildman–Crippen MR) is 78.6 cm³/mol. The van der Waals surface area contributed by atoms with Crippen LogP contribution >= 0.6 is 11.6 Å². The van der Waals surface area contributed by atoms with E-state index in [1.807, 2.05) is 25.5 Å². The maximum absolute atomic E-state index is 6.03. The summed E-state index contributed by atoms with van der Waals surface area (Å²) in [6.45, 7) is 4.26. The van der Waals surface area contributed by atoms with E-state index in [1.165, 1.54) is 0 Å². The maximum atomic E-state index is 6.03. The van der Waals surface area contributed by atoms with Crippen LogP contribution in [0.15, 0.2) is 24.7 Å².